The van der Waals surface area contributed by atoms with E-state index in [0.717, 1.165) is 26.2 Å². The Labute approximate surface area is 194 Å². The van der Waals surface area contributed by atoms with Gasteiger partial charge in [0.1, 0.15) is 17.4 Å². The second-order valence-electron chi connectivity index (χ2n) is 7.43. The molecule has 1 amide bonds. The van der Waals surface area contributed by atoms with Crippen molar-refractivity contribution in [2.24, 2.45) is 0 Å². The molecule has 34 heavy (non-hydrogen) atoms. The fourth-order valence-corrected chi connectivity index (χ4v) is 3.62. The first-order valence-corrected chi connectivity index (χ1v) is 10.0. The Hall–Kier alpha value is -3.20. The van der Waals surface area contributed by atoms with Crippen molar-refractivity contribution >= 4 is 17.5 Å². The van der Waals surface area contributed by atoms with Crippen LogP contribution < -0.4 is 9.47 Å². The van der Waals surface area contributed by atoms with Crippen LogP contribution in [0.2, 0.25) is 5.02 Å². The van der Waals surface area contributed by atoms with Crippen LogP contribution in [0.15, 0.2) is 24.4 Å². The second-order valence-corrected chi connectivity index (χ2v) is 7.84. The van der Waals surface area contributed by atoms with Gasteiger partial charge in [-0.25, -0.2) is 0 Å². The van der Waals surface area contributed by atoms with Crippen molar-refractivity contribution in [2.45, 2.75) is 31.3 Å². The van der Waals surface area contributed by atoms with Gasteiger partial charge >= 0.3 is 12.4 Å². The minimum absolute atomic E-state index is 0.0227. The molecule has 2 aromatic rings. The highest BCUT2D eigenvalue weighted by Crippen LogP contribution is 2.39. The summed E-state index contributed by atoms with van der Waals surface area (Å²) >= 11 is 5.95. The monoisotopic (exact) mass is 507 g/mol. The number of pyridine rings is 1. The number of hydrogen-bond acceptors (Lipinski definition) is 5. The van der Waals surface area contributed by atoms with Gasteiger partial charge < -0.3 is 14.4 Å². The van der Waals surface area contributed by atoms with Gasteiger partial charge in [0, 0.05) is 25.2 Å². The van der Waals surface area contributed by atoms with E-state index in [1.165, 1.54) is 11.0 Å². The lowest BCUT2D eigenvalue weighted by Crippen LogP contribution is -2.49. The van der Waals surface area contributed by atoms with E-state index in [2.05, 4.69) is 4.98 Å². The third-order valence-electron chi connectivity index (χ3n) is 5.18. The minimum atomic E-state index is -4.71. The number of rotatable bonds is 5. The number of ether oxygens (including phenoxy) is 2. The molecule has 1 fully saturated rings. The molecule has 1 saturated heterocycles. The highest BCUT2D eigenvalue weighted by atomic mass is 35.5. The number of likely N-dealkylation sites (tertiary alicyclic amines) is 1. The highest BCUT2D eigenvalue weighted by Gasteiger charge is 2.41. The van der Waals surface area contributed by atoms with Crippen molar-refractivity contribution in [2.75, 3.05) is 20.2 Å². The SMILES string of the molecule is COc1c(C#N)ccc(O[C@H](C)C(F)(F)F)c1C(=O)N1CC(c2ncc(C(F)(F)F)cc2Cl)C1. The number of nitrogens with zero attached hydrogens (tertiary/aromatic N) is 3. The molecule has 0 radical (unpaired) electrons. The van der Waals surface area contributed by atoms with Gasteiger partial charge in [-0.15, -0.1) is 0 Å². The number of aromatic nitrogens is 1. The Morgan fingerprint density at radius 1 is 1.26 bits per heavy atom. The summed E-state index contributed by atoms with van der Waals surface area (Å²) in [5.74, 6) is -1.96. The Kier molecular flexibility index (Phi) is 6.89. The second kappa shape index (κ2) is 9.21. The molecule has 0 unspecified atom stereocenters. The van der Waals surface area contributed by atoms with E-state index in [1.54, 1.807) is 6.07 Å². The van der Waals surface area contributed by atoms with Crippen LogP contribution in [0.3, 0.4) is 0 Å². The number of carbonyl (C=O) groups excluding carboxylic acids is 1. The van der Waals surface area contributed by atoms with Crippen LogP contribution in [0, 0.1) is 11.3 Å². The topological polar surface area (TPSA) is 75.5 Å². The molecule has 1 aliphatic heterocycles. The van der Waals surface area contributed by atoms with Crippen molar-refractivity contribution in [3.8, 4) is 17.6 Å². The fraction of sp³-hybridized carbons (Fsp3) is 0.381. The Bertz CT molecular complexity index is 1140. The van der Waals surface area contributed by atoms with Gasteiger partial charge in [0.25, 0.3) is 5.91 Å². The average Bonchev–Trinajstić information content (AvgIpc) is 2.71. The number of carbonyl (C=O) groups is 1. The lowest BCUT2D eigenvalue weighted by Gasteiger charge is -2.39. The van der Waals surface area contributed by atoms with Gasteiger partial charge in [0.05, 0.1) is 29.0 Å². The molecule has 3 rings (SSSR count). The minimum Gasteiger partial charge on any atom is -0.494 e. The summed E-state index contributed by atoms with van der Waals surface area (Å²) in [5, 5.41) is 9.07. The summed E-state index contributed by atoms with van der Waals surface area (Å²) in [6.45, 7) is 0.715. The Balaban J connectivity index is 1.87. The van der Waals surface area contributed by atoms with Gasteiger partial charge in [-0.2, -0.15) is 31.6 Å². The van der Waals surface area contributed by atoms with Crippen LogP contribution in [0.5, 0.6) is 11.5 Å². The molecule has 182 valence electrons. The van der Waals surface area contributed by atoms with E-state index in [0.29, 0.717) is 6.20 Å². The lowest BCUT2D eigenvalue weighted by atomic mass is 9.93. The summed E-state index contributed by atoms with van der Waals surface area (Å²) in [4.78, 5) is 18.1. The van der Waals surface area contributed by atoms with Crippen LogP contribution in [0.4, 0.5) is 26.3 Å². The third kappa shape index (κ3) is 4.99. The fourth-order valence-electron chi connectivity index (χ4n) is 3.30. The first kappa shape index (κ1) is 25.4. The van der Waals surface area contributed by atoms with Crippen LogP contribution in [0.25, 0.3) is 0 Å². The predicted octanol–water partition coefficient (Wildman–Crippen LogP) is 5.20. The van der Waals surface area contributed by atoms with E-state index in [-0.39, 0.29) is 40.7 Å². The van der Waals surface area contributed by atoms with Crippen molar-refractivity contribution < 1.29 is 40.6 Å². The molecule has 1 aliphatic rings. The summed E-state index contributed by atoms with van der Waals surface area (Å²) in [6, 6.07) is 4.77. The molecule has 0 spiro atoms. The summed E-state index contributed by atoms with van der Waals surface area (Å²) in [5.41, 5.74) is -1.34. The van der Waals surface area contributed by atoms with Gasteiger partial charge in [-0.05, 0) is 25.1 Å². The van der Waals surface area contributed by atoms with E-state index >= 15 is 0 Å². The summed E-state index contributed by atoms with van der Waals surface area (Å²) in [6.07, 6.45) is -11.0. The number of alkyl halides is 6. The van der Waals surface area contributed by atoms with Crippen molar-refractivity contribution in [3.05, 3.63) is 51.8 Å². The molecule has 1 atom stereocenters. The molecule has 0 bridgehead atoms. The summed E-state index contributed by atoms with van der Waals surface area (Å²) < 4.78 is 87.6. The standard InChI is InChI=1S/C21H16ClF6N3O3/c1-10(20(23,24)25)34-15-4-3-11(6-29)18(33-2)16(15)19(32)31-8-12(9-31)17-14(22)5-13(7-30-17)21(26,27)28/h3-5,7,10,12H,8-9H2,1-2H3/t10-/m1/s1. The van der Waals surface area contributed by atoms with Crippen LogP contribution in [-0.4, -0.2) is 48.3 Å². The zero-order chi connectivity index (χ0) is 25.4. The molecule has 13 heteroatoms. The van der Waals surface area contributed by atoms with Crippen LogP contribution >= 0.6 is 11.6 Å². The van der Waals surface area contributed by atoms with Gasteiger partial charge in [0.2, 0.25) is 0 Å². The smallest absolute Gasteiger partial charge is 0.425 e. The molecule has 0 aliphatic carbocycles. The van der Waals surface area contributed by atoms with E-state index in [1.807, 2.05) is 0 Å². The van der Waals surface area contributed by atoms with Crippen LogP contribution in [-0.2, 0) is 6.18 Å². The third-order valence-corrected chi connectivity index (χ3v) is 5.48. The highest BCUT2D eigenvalue weighted by molar-refractivity contribution is 6.31. The number of benzene rings is 1. The number of halogens is 7. The Morgan fingerprint density at radius 3 is 2.41 bits per heavy atom. The zero-order valence-electron chi connectivity index (χ0n) is 17.6. The quantitative estimate of drug-likeness (QED) is 0.520. The maximum atomic E-state index is 13.1. The maximum absolute atomic E-state index is 13.1. The predicted molar refractivity (Wildman–Crippen MR) is 107 cm³/mol. The number of methoxy groups -OCH3 is 1. The maximum Gasteiger partial charge on any atom is 0.425 e. The van der Waals surface area contributed by atoms with E-state index < -0.39 is 41.6 Å². The Morgan fingerprint density at radius 2 is 1.91 bits per heavy atom. The molecular formula is C21H16ClF6N3O3. The molecule has 0 N–H and O–H groups in total. The molecule has 6 nitrogen and oxygen atoms in total. The first-order valence-electron chi connectivity index (χ1n) is 9.64. The van der Waals surface area contributed by atoms with Gasteiger partial charge in [-0.1, -0.05) is 11.6 Å². The van der Waals surface area contributed by atoms with E-state index in [4.69, 9.17) is 21.1 Å². The van der Waals surface area contributed by atoms with Crippen LogP contribution in [0.1, 0.15) is 40.0 Å². The summed E-state index contributed by atoms with van der Waals surface area (Å²) in [7, 11) is 1.15. The van der Waals surface area contributed by atoms with Crippen molar-refractivity contribution in [3.63, 3.8) is 0 Å². The first-order chi connectivity index (χ1) is 15.8. The largest absolute Gasteiger partial charge is 0.494 e. The zero-order valence-corrected chi connectivity index (χ0v) is 18.3. The average molecular weight is 508 g/mol. The van der Waals surface area contributed by atoms with Gasteiger partial charge in [-0.3, -0.25) is 9.78 Å². The van der Waals surface area contributed by atoms with Crippen molar-refractivity contribution in [1.82, 2.24) is 9.88 Å². The number of amides is 1. The number of nitriles is 1. The number of hydrogen-bond donors (Lipinski definition) is 0. The molecule has 2 heterocycles. The lowest BCUT2D eigenvalue weighted by molar-refractivity contribution is -0.189. The van der Waals surface area contributed by atoms with Gasteiger partial charge in [0.15, 0.2) is 11.9 Å². The molecule has 1 aromatic carbocycles. The molecular weight excluding hydrogens is 492 g/mol. The van der Waals surface area contributed by atoms with Crippen molar-refractivity contribution in [1.29, 1.82) is 5.26 Å². The van der Waals surface area contributed by atoms with E-state index in [9.17, 15) is 36.4 Å². The normalized spacial score (nSPS) is 15.4. The molecule has 1 aromatic heterocycles. The molecule has 0 saturated carbocycles.